The van der Waals surface area contributed by atoms with Crippen molar-refractivity contribution >= 4 is 44.3 Å². The van der Waals surface area contributed by atoms with Crippen molar-refractivity contribution < 1.29 is 31.4 Å². The number of methoxy groups -OCH3 is 2. The van der Waals surface area contributed by atoms with Crippen LogP contribution in [-0.2, 0) is 34.2 Å². The van der Waals surface area contributed by atoms with E-state index in [2.05, 4.69) is 21.8 Å². The first-order chi connectivity index (χ1) is 21.1. The van der Waals surface area contributed by atoms with Gasteiger partial charge in [-0.1, -0.05) is 42.5 Å². The third kappa shape index (κ3) is 9.93. The maximum absolute atomic E-state index is 13.1. The van der Waals surface area contributed by atoms with Gasteiger partial charge < -0.3 is 9.47 Å². The third-order valence-corrected chi connectivity index (χ3v) is 9.70. The van der Waals surface area contributed by atoms with Crippen LogP contribution in [0.5, 0.6) is 11.5 Å². The first-order valence-corrected chi connectivity index (χ1v) is 17.3. The van der Waals surface area contributed by atoms with Crippen LogP contribution in [0.1, 0.15) is 21.5 Å². The number of hydrogen-bond acceptors (Lipinski definition) is 8. The number of nitrogens with one attached hydrogen (secondary N) is 1. The summed E-state index contributed by atoms with van der Waals surface area (Å²) in [4.78, 5) is 16.4. The first kappa shape index (κ1) is 33.2. The van der Waals surface area contributed by atoms with E-state index in [0.717, 1.165) is 23.4 Å². The Hall–Kier alpha value is -3.68. The largest absolute Gasteiger partial charge is 0.497 e. The topological polar surface area (TPSA) is 122 Å². The number of carbonyl (C=O) groups is 1. The summed E-state index contributed by atoms with van der Waals surface area (Å²) in [6.45, 7) is 1.95. The highest BCUT2D eigenvalue weighted by molar-refractivity contribution is 7.99. The monoisotopic (exact) mass is 654 g/mol. The number of anilines is 1. The van der Waals surface area contributed by atoms with Gasteiger partial charge in [0.1, 0.15) is 17.3 Å². The summed E-state index contributed by atoms with van der Waals surface area (Å²) in [7, 11) is -0.973. The van der Waals surface area contributed by atoms with Gasteiger partial charge in [0.15, 0.2) is 15.6 Å². The maximum Gasteiger partial charge on any atom is 0.259 e. The van der Waals surface area contributed by atoms with Crippen LogP contribution < -0.4 is 14.2 Å². The van der Waals surface area contributed by atoms with Crippen molar-refractivity contribution in [2.24, 2.45) is 0 Å². The van der Waals surface area contributed by atoms with Crippen LogP contribution in [0.2, 0.25) is 0 Å². The molecule has 1 atom stereocenters. The van der Waals surface area contributed by atoms with Crippen LogP contribution in [-0.4, -0.2) is 60.1 Å². The van der Waals surface area contributed by atoms with Gasteiger partial charge in [-0.15, -0.1) is 11.8 Å². The summed E-state index contributed by atoms with van der Waals surface area (Å²) in [5.74, 6) is 0.405. The van der Waals surface area contributed by atoms with E-state index in [1.807, 2.05) is 30.3 Å². The zero-order chi connectivity index (χ0) is 31.5. The molecule has 0 aromatic heterocycles. The van der Waals surface area contributed by atoms with Crippen molar-refractivity contribution in [2.45, 2.75) is 22.9 Å². The van der Waals surface area contributed by atoms with Crippen molar-refractivity contribution in [1.82, 2.24) is 4.90 Å². The smallest absolute Gasteiger partial charge is 0.259 e. The van der Waals surface area contributed by atoms with Crippen LogP contribution in [0.25, 0.3) is 0 Å². The lowest BCUT2D eigenvalue weighted by molar-refractivity contribution is 0.102. The molecule has 2 N–H and O–H groups in total. The fraction of sp³-hybridized carbons (Fsp3) is 0.219. The number of carbonyl (C=O) groups excluding carboxylic acids is 1. The maximum atomic E-state index is 13.1. The average Bonchev–Trinajstić information content (AvgIpc) is 3.02. The van der Waals surface area contributed by atoms with Gasteiger partial charge >= 0.3 is 0 Å². The summed E-state index contributed by atoms with van der Waals surface area (Å²) >= 11 is -0.390. The van der Waals surface area contributed by atoms with E-state index in [0.29, 0.717) is 30.3 Å². The second-order valence-electron chi connectivity index (χ2n) is 9.85. The number of ether oxygens (including phenoxy) is 2. The molecule has 9 nitrogen and oxygen atoms in total. The normalized spacial score (nSPS) is 12.1. The average molecular weight is 655 g/mol. The first-order valence-electron chi connectivity index (χ1n) is 13.6. The fourth-order valence-electron chi connectivity index (χ4n) is 4.43. The molecular formula is C32H34N2O7S3. The highest BCUT2D eigenvalue weighted by Crippen LogP contribution is 2.24. The van der Waals surface area contributed by atoms with Gasteiger partial charge in [-0.3, -0.25) is 19.0 Å². The Labute approximate surface area is 264 Å². The van der Waals surface area contributed by atoms with Crippen molar-refractivity contribution in [3.8, 4) is 11.5 Å². The zero-order valence-corrected chi connectivity index (χ0v) is 26.8. The number of thioether (sulfide) groups is 1. The molecule has 0 bridgehead atoms. The molecule has 1 unspecified atom stereocenters. The fourth-order valence-corrected chi connectivity index (χ4v) is 6.93. The minimum atomic E-state index is -3.89. The van der Waals surface area contributed by atoms with Crippen molar-refractivity contribution in [1.29, 1.82) is 0 Å². The van der Waals surface area contributed by atoms with E-state index in [-0.39, 0.29) is 10.5 Å². The lowest BCUT2D eigenvalue weighted by Crippen LogP contribution is -2.25. The van der Waals surface area contributed by atoms with E-state index >= 15 is 0 Å². The molecule has 44 heavy (non-hydrogen) atoms. The van der Waals surface area contributed by atoms with Gasteiger partial charge in [0.2, 0.25) is 0 Å². The Morgan fingerprint density at radius 3 is 1.98 bits per heavy atom. The number of sulfone groups is 1. The SMILES string of the molecule is COc1cc(OC)cc(C(=O)CS(=O)(=O)c2ccc(CN(CCSc3ccccc3)Cc3ccc(NS(=O)O)cc3)cc2)c1. The molecule has 232 valence electrons. The zero-order valence-electron chi connectivity index (χ0n) is 24.3. The highest BCUT2D eigenvalue weighted by atomic mass is 32.2. The predicted octanol–water partition coefficient (Wildman–Crippen LogP) is 5.70. The molecule has 0 aliphatic rings. The van der Waals surface area contributed by atoms with Gasteiger partial charge in [-0.2, -0.15) is 0 Å². The molecule has 0 saturated carbocycles. The summed E-state index contributed by atoms with van der Waals surface area (Å²) in [5, 5.41) is 0. The van der Waals surface area contributed by atoms with E-state index < -0.39 is 32.6 Å². The van der Waals surface area contributed by atoms with E-state index in [1.165, 1.54) is 43.4 Å². The van der Waals surface area contributed by atoms with Crippen LogP contribution in [0.4, 0.5) is 5.69 Å². The van der Waals surface area contributed by atoms with Crippen LogP contribution in [0, 0.1) is 0 Å². The molecule has 4 aromatic rings. The highest BCUT2D eigenvalue weighted by Gasteiger charge is 2.22. The van der Waals surface area contributed by atoms with E-state index in [4.69, 9.17) is 14.0 Å². The summed E-state index contributed by atoms with van der Waals surface area (Å²) in [6, 6.07) is 28.7. The van der Waals surface area contributed by atoms with Crippen molar-refractivity contribution in [3.05, 3.63) is 114 Å². The molecule has 0 radical (unpaired) electrons. The molecule has 0 aliphatic heterocycles. The van der Waals surface area contributed by atoms with Gasteiger partial charge in [-0.25, -0.2) is 12.6 Å². The van der Waals surface area contributed by atoms with Gasteiger partial charge in [0.05, 0.1) is 19.1 Å². The molecule has 0 spiro atoms. The Kier molecular flexibility index (Phi) is 12.0. The Bertz CT molecular complexity index is 1640. The molecule has 0 amide bonds. The predicted molar refractivity (Wildman–Crippen MR) is 174 cm³/mol. The number of rotatable bonds is 16. The Balaban J connectivity index is 1.45. The van der Waals surface area contributed by atoms with Crippen molar-refractivity contribution in [3.63, 3.8) is 0 Å². The van der Waals surface area contributed by atoms with E-state index in [9.17, 15) is 17.4 Å². The Morgan fingerprint density at radius 1 is 0.864 bits per heavy atom. The van der Waals surface area contributed by atoms with Gasteiger partial charge in [-0.05, 0) is 59.7 Å². The quantitative estimate of drug-likeness (QED) is 0.0890. The standard InChI is InChI=1S/C32H34N2O7S3/c1-40-28-18-26(19-29(20-28)41-2)32(35)23-44(38,39)31-14-10-25(11-15-31)22-34(16-17-42-30-6-4-3-5-7-30)21-24-8-12-27(13-9-24)33-43(36)37/h3-15,18-20,33H,16-17,21-23H2,1-2H3,(H,36,37). The van der Waals surface area contributed by atoms with E-state index in [1.54, 1.807) is 42.1 Å². The van der Waals surface area contributed by atoms with Crippen LogP contribution in [0.15, 0.2) is 107 Å². The second-order valence-corrected chi connectivity index (χ2v) is 13.7. The molecule has 4 aromatic carbocycles. The number of hydrogen-bond donors (Lipinski definition) is 2. The number of ketones is 1. The lowest BCUT2D eigenvalue weighted by atomic mass is 10.1. The molecule has 0 saturated heterocycles. The number of nitrogens with zero attached hydrogens (tertiary/aromatic N) is 1. The van der Waals surface area contributed by atoms with Crippen LogP contribution >= 0.6 is 11.8 Å². The third-order valence-electron chi connectivity index (χ3n) is 6.67. The molecule has 0 aliphatic carbocycles. The molecule has 12 heteroatoms. The van der Waals surface area contributed by atoms with Gasteiger partial charge in [0, 0.05) is 47.6 Å². The number of Topliss-reactive ketones (excluding diaryl/α,β-unsaturated/α-hetero) is 1. The number of benzene rings is 4. The Morgan fingerprint density at radius 2 is 1.43 bits per heavy atom. The minimum Gasteiger partial charge on any atom is -0.497 e. The minimum absolute atomic E-state index is 0.0694. The summed E-state index contributed by atoms with van der Waals surface area (Å²) < 4.78 is 59.2. The second kappa shape index (κ2) is 15.9. The van der Waals surface area contributed by atoms with Crippen LogP contribution in [0.3, 0.4) is 0 Å². The molecule has 0 fully saturated rings. The molecule has 0 heterocycles. The molecular weight excluding hydrogens is 621 g/mol. The van der Waals surface area contributed by atoms with Gasteiger partial charge in [0.25, 0.3) is 11.3 Å². The van der Waals surface area contributed by atoms with Crippen molar-refractivity contribution in [2.75, 3.05) is 37.0 Å². The summed E-state index contributed by atoms with van der Waals surface area (Å²) in [6.07, 6.45) is 0. The lowest BCUT2D eigenvalue weighted by Gasteiger charge is -2.23. The summed E-state index contributed by atoms with van der Waals surface area (Å²) in [5.41, 5.74) is 2.68. The molecule has 4 rings (SSSR count).